The van der Waals surface area contributed by atoms with Gasteiger partial charge in [-0.25, -0.2) is 0 Å². The predicted octanol–water partition coefficient (Wildman–Crippen LogP) is 3.09. The Kier molecular flexibility index (Phi) is 7.19. The molecule has 19 heavy (non-hydrogen) atoms. The number of nitrogens with one attached hydrogen (secondary N) is 1. The molecule has 1 rings (SSSR count). The minimum absolute atomic E-state index is 0.00486. The van der Waals surface area contributed by atoms with Crippen LogP contribution in [0.4, 0.5) is 0 Å². The fraction of sp³-hybridized carbons (Fsp3) is 0.562. The normalized spacial score (nSPS) is 12.2. The van der Waals surface area contributed by atoms with Crippen LogP contribution in [0.5, 0.6) is 0 Å². The summed E-state index contributed by atoms with van der Waals surface area (Å²) in [4.78, 5) is 12.1. The minimum Gasteiger partial charge on any atom is -0.352 e. The first-order valence-electron chi connectivity index (χ1n) is 7.28. The first kappa shape index (κ1) is 15.7. The Bertz CT molecular complexity index is 390. The van der Waals surface area contributed by atoms with Crippen LogP contribution in [0.25, 0.3) is 0 Å². The van der Waals surface area contributed by atoms with Gasteiger partial charge in [-0.2, -0.15) is 0 Å². The van der Waals surface area contributed by atoms with Gasteiger partial charge in [-0.05, 0) is 30.0 Å². The topological polar surface area (TPSA) is 55.1 Å². The maximum absolute atomic E-state index is 12.1. The molecule has 0 bridgehead atoms. The summed E-state index contributed by atoms with van der Waals surface area (Å²) >= 11 is 0. The van der Waals surface area contributed by atoms with E-state index in [9.17, 15) is 4.79 Å². The van der Waals surface area contributed by atoms with E-state index in [1.807, 2.05) is 24.3 Å². The summed E-state index contributed by atoms with van der Waals surface area (Å²) in [6, 6.07) is 7.52. The molecule has 3 heteroatoms. The van der Waals surface area contributed by atoms with Crippen LogP contribution in [0.2, 0.25) is 0 Å². The molecule has 1 unspecified atom stereocenters. The fourth-order valence-corrected chi connectivity index (χ4v) is 2.12. The molecule has 0 spiro atoms. The third kappa shape index (κ3) is 5.43. The van der Waals surface area contributed by atoms with E-state index in [2.05, 4.69) is 19.2 Å². The zero-order chi connectivity index (χ0) is 14.1. The lowest BCUT2D eigenvalue weighted by molar-refractivity contribution is 0.0945. The minimum atomic E-state index is 0.00486. The number of carbonyl (C=O) groups is 1. The second-order valence-electron chi connectivity index (χ2n) is 5.03. The van der Waals surface area contributed by atoms with E-state index in [0.717, 1.165) is 18.5 Å². The van der Waals surface area contributed by atoms with Crippen LogP contribution < -0.4 is 11.1 Å². The molecule has 0 heterocycles. The molecule has 1 aromatic carbocycles. The molecular formula is C16H26N2O. The van der Waals surface area contributed by atoms with E-state index in [0.29, 0.717) is 18.0 Å². The SMILES string of the molecule is CCCCC(CC)CNC(=O)c1cccc(CN)c1. The number of benzene rings is 1. The van der Waals surface area contributed by atoms with Gasteiger partial charge in [-0.15, -0.1) is 0 Å². The highest BCUT2D eigenvalue weighted by Crippen LogP contribution is 2.12. The van der Waals surface area contributed by atoms with Crippen LogP contribution >= 0.6 is 0 Å². The van der Waals surface area contributed by atoms with E-state index < -0.39 is 0 Å². The second-order valence-corrected chi connectivity index (χ2v) is 5.03. The lowest BCUT2D eigenvalue weighted by Crippen LogP contribution is -2.29. The predicted molar refractivity (Wildman–Crippen MR) is 80.0 cm³/mol. The number of carbonyl (C=O) groups excluding carboxylic acids is 1. The number of rotatable bonds is 8. The monoisotopic (exact) mass is 262 g/mol. The third-order valence-corrected chi connectivity index (χ3v) is 3.52. The van der Waals surface area contributed by atoms with Crippen LogP contribution in [-0.2, 0) is 6.54 Å². The molecule has 3 nitrogen and oxygen atoms in total. The van der Waals surface area contributed by atoms with Gasteiger partial charge in [0.25, 0.3) is 5.91 Å². The third-order valence-electron chi connectivity index (χ3n) is 3.52. The standard InChI is InChI=1S/C16H26N2O/c1-3-5-7-13(4-2)12-18-16(19)15-9-6-8-14(10-15)11-17/h6,8-10,13H,3-5,7,11-12,17H2,1-2H3,(H,18,19). The van der Waals surface area contributed by atoms with Crippen molar-refractivity contribution in [3.05, 3.63) is 35.4 Å². The summed E-state index contributed by atoms with van der Waals surface area (Å²) in [5.74, 6) is 0.590. The summed E-state index contributed by atoms with van der Waals surface area (Å²) in [7, 11) is 0. The summed E-state index contributed by atoms with van der Waals surface area (Å²) in [6.07, 6.45) is 4.75. The highest BCUT2D eigenvalue weighted by atomic mass is 16.1. The van der Waals surface area contributed by atoms with Crippen molar-refractivity contribution in [3.8, 4) is 0 Å². The van der Waals surface area contributed by atoms with Gasteiger partial charge in [-0.1, -0.05) is 45.2 Å². The van der Waals surface area contributed by atoms with Crippen LogP contribution in [-0.4, -0.2) is 12.5 Å². The average molecular weight is 262 g/mol. The lowest BCUT2D eigenvalue weighted by Gasteiger charge is -2.15. The summed E-state index contributed by atoms with van der Waals surface area (Å²) in [5.41, 5.74) is 7.28. The molecule has 0 aromatic heterocycles. The van der Waals surface area contributed by atoms with Gasteiger partial charge in [0.05, 0.1) is 0 Å². The molecule has 0 saturated heterocycles. The Balaban J connectivity index is 2.49. The van der Waals surface area contributed by atoms with Gasteiger partial charge in [0.2, 0.25) is 0 Å². The maximum Gasteiger partial charge on any atom is 0.251 e. The van der Waals surface area contributed by atoms with E-state index in [1.54, 1.807) is 0 Å². The molecule has 0 aliphatic heterocycles. The Hall–Kier alpha value is -1.35. The van der Waals surface area contributed by atoms with Crippen LogP contribution in [0.15, 0.2) is 24.3 Å². The maximum atomic E-state index is 12.1. The molecule has 1 atom stereocenters. The quantitative estimate of drug-likeness (QED) is 0.756. The van der Waals surface area contributed by atoms with Crippen molar-refractivity contribution in [2.75, 3.05) is 6.54 Å². The zero-order valence-corrected chi connectivity index (χ0v) is 12.1. The van der Waals surface area contributed by atoms with E-state index in [-0.39, 0.29) is 5.91 Å². The van der Waals surface area contributed by atoms with Gasteiger partial charge in [-0.3, -0.25) is 4.79 Å². The number of amides is 1. The summed E-state index contributed by atoms with van der Waals surface area (Å²) in [5, 5.41) is 3.03. The van der Waals surface area contributed by atoms with Crippen LogP contribution in [0.1, 0.15) is 55.5 Å². The fourth-order valence-electron chi connectivity index (χ4n) is 2.12. The first-order chi connectivity index (χ1) is 9.21. The molecule has 0 fully saturated rings. The smallest absolute Gasteiger partial charge is 0.251 e. The van der Waals surface area contributed by atoms with Gasteiger partial charge >= 0.3 is 0 Å². The molecule has 1 amide bonds. The van der Waals surface area contributed by atoms with Crippen LogP contribution in [0, 0.1) is 5.92 Å². The van der Waals surface area contributed by atoms with Crippen molar-refractivity contribution in [2.24, 2.45) is 11.7 Å². The Morgan fingerprint density at radius 2 is 2.16 bits per heavy atom. The zero-order valence-electron chi connectivity index (χ0n) is 12.1. The van der Waals surface area contributed by atoms with Crippen LogP contribution in [0.3, 0.4) is 0 Å². The van der Waals surface area contributed by atoms with Gasteiger partial charge in [0.15, 0.2) is 0 Å². The molecule has 0 aliphatic carbocycles. The Morgan fingerprint density at radius 3 is 2.79 bits per heavy atom. The van der Waals surface area contributed by atoms with Gasteiger partial charge in [0.1, 0.15) is 0 Å². The van der Waals surface area contributed by atoms with Crippen molar-refractivity contribution in [1.29, 1.82) is 0 Å². The molecule has 0 aliphatic rings. The van der Waals surface area contributed by atoms with E-state index in [4.69, 9.17) is 5.73 Å². The van der Waals surface area contributed by atoms with Crippen molar-refractivity contribution < 1.29 is 4.79 Å². The number of hydrogen-bond donors (Lipinski definition) is 2. The first-order valence-corrected chi connectivity index (χ1v) is 7.28. The lowest BCUT2D eigenvalue weighted by atomic mass is 9.99. The van der Waals surface area contributed by atoms with Crippen molar-refractivity contribution in [2.45, 2.75) is 46.1 Å². The molecule has 1 aromatic rings. The molecular weight excluding hydrogens is 236 g/mol. The van der Waals surface area contributed by atoms with E-state index in [1.165, 1.54) is 19.3 Å². The van der Waals surface area contributed by atoms with Crippen molar-refractivity contribution in [1.82, 2.24) is 5.32 Å². The largest absolute Gasteiger partial charge is 0.352 e. The van der Waals surface area contributed by atoms with Crippen molar-refractivity contribution in [3.63, 3.8) is 0 Å². The van der Waals surface area contributed by atoms with Gasteiger partial charge < -0.3 is 11.1 Å². The Morgan fingerprint density at radius 1 is 1.37 bits per heavy atom. The number of hydrogen-bond acceptors (Lipinski definition) is 2. The van der Waals surface area contributed by atoms with Gasteiger partial charge in [0, 0.05) is 18.7 Å². The number of nitrogens with two attached hydrogens (primary N) is 1. The highest BCUT2D eigenvalue weighted by molar-refractivity contribution is 5.94. The number of unbranched alkanes of at least 4 members (excludes halogenated alkanes) is 1. The second kappa shape index (κ2) is 8.70. The molecule has 0 saturated carbocycles. The van der Waals surface area contributed by atoms with E-state index >= 15 is 0 Å². The molecule has 3 N–H and O–H groups in total. The molecule has 106 valence electrons. The average Bonchev–Trinajstić information content (AvgIpc) is 2.47. The highest BCUT2D eigenvalue weighted by Gasteiger charge is 2.10. The summed E-state index contributed by atoms with van der Waals surface area (Å²) < 4.78 is 0. The summed E-state index contributed by atoms with van der Waals surface area (Å²) in [6.45, 7) is 5.61. The molecule has 0 radical (unpaired) electrons. The Labute approximate surface area is 116 Å². The van der Waals surface area contributed by atoms with Crippen molar-refractivity contribution >= 4 is 5.91 Å².